The van der Waals surface area contributed by atoms with Crippen molar-refractivity contribution in [1.29, 1.82) is 5.26 Å². The van der Waals surface area contributed by atoms with Crippen molar-refractivity contribution < 1.29 is 27.4 Å². The Morgan fingerprint density at radius 2 is 2.06 bits per heavy atom. The summed E-state index contributed by atoms with van der Waals surface area (Å²) in [6, 6.07) is 12.8. The Hall–Kier alpha value is -4.04. The summed E-state index contributed by atoms with van der Waals surface area (Å²) < 4.78 is 57.4. The number of nitriles is 1. The molecule has 3 aromatic rings. The van der Waals surface area contributed by atoms with Crippen LogP contribution in [-0.2, 0) is 24.1 Å². The number of aromatic nitrogens is 2. The molecule has 0 bridgehead atoms. The Kier molecular flexibility index (Phi) is 5.84. The fourth-order valence-electron chi connectivity index (χ4n) is 4.44. The number of anilines is 1. The van der Waals surface area contributed by atoms with Gasteiger partial charge in [-0.15, -0.1) is 0 Å². The van der Waals surface area contributed by atoms with E-state index < -0.39 is 17.4 Å². The van der Waals surface area contributed by atoms with Crippen LogP contribution in [0.15, 0.2) is 53.3 Å². The van der Waals surface area contributed by atoms with Crippen molar-refractivity contribution in [3.63, 3.8) is 0 Å². The third-order valence-corrected chi connectivity index (χ3v) is 6.21. The molecule has 0 spiro atoms. The highest BCUT2D eigenvalue weighted by Gasteiger charge is 2.43. The Morgan fingerprint density at radius 3 is 2.83 bits per heavy atom. The molecule has 0 N–H and O–H groups in total. The number of morpholine rings is 1. The number of fused-ring (bicyclic) bond motifs is 3. The van der Waals surface area contributed by atoms with Gasteiger partial charge in [-0.25, -0.2) is 4.79 Å². The molecule has 5 rings (SSSR count). The van der Waals surface area contributed by atoms with Crippen molar-refractivity contribution in [3.8, 4) is 23.4 Å². The first-order chi connectivity index (χ1) is 17.2. The first kappa shape index (κ1) is 23.7. The minimum absolute atomic E-state index is 0.0226. The molecule has 0 radical (unpaired) electrons. The second-order valence-corrected chi connectivity index (χ2v) is 8.88. The van der Waals surface area contributed by atoms with Gasteiger partial charge in [-0.3, -0.25) is 4.57 Å². The topological polar surface area (TPSA) is 89.6 Å². The van der Waals surface area contributed by atoms with Gasteiger partial charge in [0.2, 0.25) is 5.88 Å². The summed E-state index contributed by atoms with van der Waals surface area (Å²) in [7, 11) is 0. The molecule has 0 saturated carbocycles. The number of nitrogens with zero attached hydrogens (tertiary/aromatic N) is 4. The lowest BCUT2D eigenvalue weighted by Gasteiger charge is -2.39. The van der Waals surface area contributed by atoms with Gasteiger partial charge < -0.3 is 19.1 Å². The molecule has 8 nitrogen and oxygen atoms in total. The lowest BCUT2D eigenvalue weighted by Crippen LogP contribution is -2.53. The monoisotopic (exact) mass is 498 g/mol. The van der Waals surface area contributed by atoms with E-state index in [4.69, 9.17) is 14.2 Å². The quantitative estimate of drug-likeness (QED) is 0.523. The molecule has 2 aliphatic rings. The predicted octanol–water partition coefficient (Wildman–Crippen LogP) is 4.11. The summed E-state index contributed by atoms with van der Waals surface area (Å²) in [5, 5.41) is 9.54. The number of ether oxygens (including phenoxy) is 3. The zero-order chi connectivity index (χ0) is 25.5. The first-order valence-electron chi connectivity index (χ1n) is 11.1. The van der Waals surface area contributed by atoms with Crippen molar-refractivity contribution in [2.24, 2.45) is 0 Å². The third kappa shape index (κ3) is 4.47. The van der Waals surface area contributed by atoms with Crippen LogP contribution in [0.2, 0.25) is 0 Å². The van der Waals surface area contributed by atoms with Crippen LogP contribution in [0, 0.1) is 11.3 Å². The van der Waals surface area contributed by atoms with E-state index in [2.05, 4.69) is 9.88 Å². The van der Waals surface area contributed by atoms with Crippen LogP contribution in [-0.4, -0.2) is 34.8 Å². The smallest absolute Gasteiger partial charge is 0.416 e. The van der Waals surface area contributed by atoms with E-state index in [1.807, 2.05) is 13.0 Å². The Morgan fingerprint density at radius 1 is 1.22 bits per heavy atom. The second kappa shape index (κ2) is 8.87. The summed E-state index contributed by atoms with van der Waals surface area (Å²) in [5.74, 6) is 0.951. The molecule has 1 saturated heterocycles. The maximum absolute atomic E-state index is 13.0. The molecule has 0 amide bonds. The Bertz CT molecular complexity index is 1420. The molecule has 3 heterocycles. The minimum Gasteiger partial charge on any atom is -0.473 e. The molecule has 1 unspecified atom stereocenters. The van der Waals surface area contributed by atoms with E-state index in [-0.39, 0.29) is 35.1 Å². The van der Waals surface area contributed by atoms with Crippen LogP contribution in [0.5, 0.6) is 17.4 Å². The van der Waals surface area contributed by atoms with E-state index in [0.29, 0.717) is 31.9 Å². The Labute approximate surface area is 204 Å². The van der Waals surface area contributed by atoms with Gasteiger partial charge in [0.25, 0.3) is 0 Å². The molecule has 1 fully saturated rings. The van der Waals surface area contributed by atoms with Crippen LogP contribution >= 0.6 is 0 Å². The highest BCUT2D eigenvalue weighted by molar-refractivity contribution is 5.50. The average molecular weight is 498 g/mol. The zero-order valence-electron chi connectivity index (χ0n) is 19.2. The van der Waals surface area contributed by atoms with E-state index in [1.54, 1.807) is 16.7 Å². The highest BCUT2D eigenvalue weighted by Crippen LogP contribution is 2.36. The molecule has 11 heteroatoms. The molecule has 2 aliphatic heterocycles. The summed E-state index contributed by atoms with van der Waals surface area (Å²) in [6.07, 6.45) is -4.51. The van der Waals surface area contributed by atoms with Crippen LogP contribution in [0.3, 0.4) is 0 Å². The van der Waals surface area contributed by atoms with Gasteiger partial charge in [-0.1, -0.05) is 12.1 Å². The summed E-state index contributed by atoms with van der Waals surface area (Å²) >= 11 is 0. The van der Waals surface area contributed by atoms with E-state index in [9.17, 15) is 23.2 Å². The van der Waals surface area contributed by atoms with Crippen molar-refractivity contribution in [2.45, 2.75) is 31.8 Å². The number of hydrogen-bond acceptors (Lipinski definition) is 7. The van der Waals surface area contributed by atoms with Gasteiger partial charge in [0, 0.05) is 12.6 Å². The maximum atomic E-state index is 13.0. The van der Waals surface area contributed by atoms with Crippen LogP contribution in [0.25, 0.3) is 0 Å². The van der Waals surface area contributed by atoms with E-state index >= 15 is 0 Å². The minimum atomic E-state index is -4.51. The molecule has 1 aromatic heterocycles. The lowest BCUT2D eigenvalue weighted by molar-refractivity contribution is -0.137. The number of hydrogen-bond donors (Lipinski definition) is 0. The number of benzene rings is 2. The summed E-state index contributed by atoms with van der Waals surface area (Å²) in [4.78, 5) is 18.8. The van der Waals surface area contributed by atoms with Crippen molar-refractivity contribution in [1.82, 2.24) is 9.55 Å². The van der Waals surface area contributed by atoms with Gasteiger partial charge in [0.1, 0.15) is 30.0 Å². The number of rotatable bonds is 5. The van der Waals surface area contributed by atoms with E-state index in [0.717, 1.165) is 18.0 Å². The summed E-state index contributed by atoms with van der Waals surface area (Å²) in [6.45, 7) is 4.26. The van der Waals surface area contributed by atoms with Gasteiger partial charge in [0.15, 0.2) is 0 Å². The van der Waals surface area contributed by atoms with Crippen molar-refractivity contribution >= 4 is 5.82 Å². The number of halogens is 3. The molecular formula is C25H21F3N4O4. The lowest BCUT2D eigenvalue weighted by atomic mass is 10.0. The van der Waals surface area contributed by atoms with Crippen LogP contribution in [0.4, 0.5) is 19.0 Å². The van der Waals surface area contributed by atoms with Gasteiger partial charge >= 0.3 is 11.9 Å². The number of alkyl halides is 3. The zero-order valence-corrected chi connectivity index (χ0v) is 19.2. The molecule has 1 atom stereocenters. The predicted molar refractivity (Wildman–Crippen MR) is 122 cm³/mol. The normalized spacial score (nSPS) is 18.8. The Balaban J connectivity index is 1.32. The third-order valence-electron chi connectivity index (χ3n) is 6.21. The fraction of sp³-hybridized carbons (Fsp3) is 0.320. The SMILES string of the molecule is CC12COCCN1c1cc(OCc3ccc(Oc4cccc(C(F)(F)F)c4)c(C#N)c3)nc(=O)n1C2. The largest absolute Gasteiger partial charge is 0.473 e. The highest BCUT2D eigenvalue weighted by atomic mass is 19.4. The first-order valence-corrected chi connectivity index (χ1v) is 11.1. The van der Waals surface area contributed by atoms with Gasteiger partial charge in [0.05, 0.1) is 36.4 Å². The summed E-state index contributed by atoms with van der Waals surface area (Å²) in [5.41, 5.74) is -0.859. The molecule has 186 valence electrons. The van der Waals surface area contributed by atoms with Gasteiger partial charge in [-0.2, -0.15) is 23.4 Å². The fourth-order valence-corrected chi connectivity index (χ4v) is 4.44. The van der Waals surface area contributed by atoms with Crippen LogP contribution in [0.1, 0.15) is 23.6 Å². The van der Waals surface area contributed by atoms with Gasteiger partial charge in [-0.05, 0) is 42.8 Å². The second-order valence-electron chi connectivity index (χ2n) is 8.88. The maximum Gasteiger partial charge on any atom is 0.416 e. The van der Waals surface area contributed by atoms with Crippen molar-refractivity contribution in [3.05, 3.63) is 75.7 Å². The standard InChI is InChI=1S/C25H21F3N4O4/c1-24-14-31-22(32(24)7-8-34-15-24)11-21(30-23(31)33)35-13-16-5-6-20(17(9-16)12-29)36-19-4-2-3-18(10-19)25(26,27)28/h2-6,9-11H,7-8,13-15H2,1H3. The van der Waals surface area contributed by atoms with Crippen LogP contribution < -0.4 is 20.1 Å². The molecular weight excluding hydrogens is 477 g/mol. The molecule has 2 aromatic carbocycles. The van der Waals surface area contributed by atoms with Crippen molar-refractivity contribution in [2.75, 3.05) is 24.7 Å². The van der Waals surface area contributed by atoms with E-state index in [1.165, 1.54) is 24.3 Å². The average Bonchev–Trinajstić information content (AvgIpc) is 3.16. The molecule has 36 heavy (non-hydrogen) atoms. The molecule has 0 aliphatic carbocycles.